The van der Waals surface area contributed by atoms with Crippen LogP contribution in [0.5, 0.6) is 0 Å². The third kappa shape index (κ3) is 5.70. The Morgan fingerprint density at radius 1 is 1.25 bits per heavy atom. The molecule has 1 aromatic rings. The molecule has 0 fully saturated rings. The van der Waals surface area contributed by atoms with E-state index >= 15 is 0 Å². The molecule has 2 rings (SSSR count). The SMILES string of the molecule is O=C(NOCCO)c1cc(C=NCCO)c(F)c(F)c1NC1=C(F)C=IC=C1. The Hall–Kier alpha value is -2.09. The number of aliphatic hydroxyl groups is 2. The lowest BCUT2D eigenvalue weighted by Crippen LogP contribution is -2.27. The summed E-state index contributed by atoms with van der Waals surface area (Å²) >= 11 is -0.596. The molecule has 4 N–H and O–H groups in total. The Kier molecular flexibility index (Phi) is 8.76. The Morgan fingerprint density at radius 3 is 2.71 bits per heavy atom. The van der Waals surface area contributed by atoms with Crippen LogP contribution in [0.1, 0.15) is 15.9 Å². The van der Waals surface area contributed by atoms with E-state index in [0.717, 1.165) is 12.3 Å². The first-order valence-electron chi connectivity index (χ1n) is 7.93. The van der Waals surface area contributed by atoms with Crippen LogP contribution in [-0.2, 0) is 4.84 Å². The quantitative estimate of drug-likeness (QED) is 0.176. The minimum atomic E-state index is -1.41. The molecule has 28 heavy (non-hydrogen) atoms. The summed E-state index contributed by atoms with van der Waals surface area (Å²) in [6.07, 6.45) is 2.36. The van der Waals surface area contributed by atoms with Gasteiger partial charge in [-0.1, -0.05) is 20.7 Å². The first-order chi connectivity index (χ1) is 13.5. The highest BCUT2D eigenvalue weighted by Crippen LogP contribution is 2.29. The van der Waals surface area contributed by atoms with E-state index in [9.17, 15) is 18.0 Å². The van der Waals surface area contributed by atoms with Crippen molar-refractivity contribution in [2.24, 2.45) is 4.99 Å². The van der Waals surface area contributed by atoms with Gasteiger partial charge in [0.1, 0.15) is 0 Å². The van der Waals surface area contributed by atoms with E-state index in [-0.39, 0.29) is 43.2 Å². The molecule has 1 aliphatic heterocycles. The average Bonchev–Trinajstić information content (AvgIpc) is 2.69. The van der Waals surface area contributed by atoms with Crippen molar-refractivity contribution in [1.29, 1.82) is 0 Å². The maximum Gasteiger partial charge on any atom is 0.277 e. The van der Waals surface area contributed by atoms with Crippen LogP contribution in [0.4, 0.5) is 18.9 Å². The highest BCUT2D eigenvalue weighted by molar-refractivity contribution is 14.2. The highest BCUT2D eigenvalue weighted by Gasteiger charge is 2.23. The monoisotopic (exact) mass is 511 g/mol. The summed E-state index contributed by atoms with van der Waals surface area (Å²) in [6, 6.07) is 1.01. The van der Waals surface area contributed by atoms with Crippen LogP contribution in [0.3, 0.4) is 0 Å². The van der Waals surface area contributed by atoms with Crippen LogP contribution < -0.4 is 10.8 Å². The second-order valence-electron chi connectivity index (χ2n) is 5.19. The fourth-order valence-corrected chi connectivity index (χ4v) is 3.47. The number of hydroxylamine groups is 1. The number of nitrogens with zero attached hydrogens (tertiary/aromatic N) is 1. The Labute approximate surface area is 168 Å². The number of nitrogens with one attached hydrogen (secondary N) is 2. The number of anilines is 1. The van der Waals surface area contributed by atoms with Crippen LogP contribution in [0.2, 0.25) is 0 Å². The standard InChI is InChI=1S/C17H17F3IN3O4/c18-12-8-21-2-1-13(12)23-16-11(17(27)24-28-6-5-26)7-10(9-22-3-4-25)14(19)15(16)20/h1-2,7-9,23,25-26H,3-6H2,(H,24,27). The molecule has 1 amide bonds. The number of hydrogen-bond donors (Lipinski definition) is 4. The van der Waals surface area contributed by atoms with Crippen molar-refractivity contribution < 1.29 is 33.0 Å². The first-order valence-corrected chi connectivity index (χ1v) is 10.4. The van der Waals surface area contributed by atoms with Gasteiger partial charge in [-0.15, -0.1) is 0 Å². The van der Waals surface area contributed by atoms with Gasteiger partial charge in [-0.2, -0.15) is 0 Å². The number of aliphatic imine (C=N–C) groups is 1. The zero-order valence-corrected chi connectivity index (χ0v) is 16.5. The van der Waals surface area contributed by atoms with Crippen molar-refractivity contribution in [1.82, 2.24) is 5.48 Å². The molecule has 0 saturated heterocycles. The van der Waals surface area contributed by atoms with Gasteiger partial charge in [0.2, 0.25) is 0 Å². The van der Waals surface area contributed by atoms with Gasteiger partial charge in [0.25, 0.3) is 5.91 Å². The van der Waals surface area contributed by atoms with Gasteiger partial charge in [-0.05, 0) is 16.2 Å². The predicted molar refractivity (Wildman–Crippen MR) is 107 cm³/mol. The van der Waals surface area contributed by atoms with Gasteiger partial charge in [0.05, 0.1) is 43.3 Å². The largest absolute Gasteiger partial charge is 0.394 e. The molecule has 0 radical (unpaired) electrons. The summed E-state index contributed by atoms with van der Waals surface area (Å²) < 4.78 is 46.1. The van der Waals surface area contributed by atoms with E-state index in [1.54, 1.807) is 4.08 Å². The number of carbonyl (C=O) groups excluding carboxylic acids is 1. The molecule has 7 nitrogen and oxygen atoms in total. The van der Waals surface area contributed by atoms with Gasteiger partial charge < -0.3 is 15.5 Å². The van der Waals surface area contributed by atoms with Crippen molar-refractivity contribution in [2.75, 3.05) is 31.7 Å². The van der Waals surface area contributed by atoms with Crippen LogP contribution in [0, 0.1) is 11.6 Å². The molecule has 0 unspecified atom stereocenters. The van der Waals surface area contributed by atoms with Crippen molar-refractivity contribution >= 4 is 42.6 Å². The maximum atomic E-state index is 14.7. The zero-order valence-electron chi connectivity index (χ0n) is 14.4. The van der Waals surface area contributed by atoms with Crippen molar-refractivity contribution in [3.8, 4) is 0 Å². The van der Waals surface area contributed by atoms with Gasteiger partial charge in [0, 0.05) is 15.8 Å². The summed E-state index contributed by atoms with van der Waals surface area (Å²) in [6.45, 7) is -0.917. The predicted octanol–water partition coefficient (Wildman–Crippen LogP) is 1.92. The average molecular weight is 511 g/mol. The number of aliphatic hydroxyl groups excluding tert-OH is 2. The normalized spacial score (nSPS) is 13.8. The number of carbonyl (C=O) groups is 1. The lowest BCUT2D eigenvalue weighted by atomic mass is 10.1. The molecule has 1 aliphatic rings. The summed E-state index contributed by atoms with van der Waals surface area (Å²) in [5.41, 5.74) is 0.591. The molecule has 1 heterocycles. The molecule has 0 bridgehead atoms. The topological polar surface area (TPSA) is 103 Å². The van der Waals surface area contributed by atoms with Gasteiger partial charge in [-0.3, -0.25) is 14.6 Å². The molecule has 0 aliphatic carbocycles. The van der Waals surface area contributed by atoms with E-state index in [4.69, 9.17) is 15.1 Å². The lowest BCUT2D eigenvalue weighted by Gasteiger charge is -2.16. The number of benzene rings is 1. The van der Waals surface area contributed by atoms with Gasteiger partial charge in [-0.25, -0.2) is 18.7 Å². The number of hydrogen-bond acceptors (Lipinski definition) is 6. The fraction of sp³-hybridized carbons (Fsp3) is 0.235. The molecule has 152 valence electrons. The molecule has 0 atom stereocenters. The van der Waals surface area contributed by atoms with Crippen LogP contribution in [0.25, 0.3) is 0 Å². The van der Waals surface area contributed by atoms with Crippen LogP contribution in [-0.4, -0.2) is 52.7 Å². The van der Waals surface area contributed by atoms with E-state index in [0.29, 0.717) is 0 Å². The maximum absolute atomic E-state index is 14.7. The second-order valence-corrected chi connectivity index (χ2v) is 7.25. The highest BCUT2D eigenvalue weighted by atomic mass is 127. The van der Waals surface area contributed by atoms with E-state index in [1.165, 1.54) is 10.1 Å². The Balaban J connectivity index is 2.48. The summed E-state index contributed by atoms with van der Waals surface area (Å²) in [4.78, 5) is 20.8. The molecule has 11 heteroatoms. The van der Waals surface area contributed by atoms with E-state index in [1.807, 2.05) is 5.48 Å². The van der Waals surface area contributed by atoms with Gasteiger partial charge in [0.15, 0.2) is 17.5 Å². The first kappa shape index (κ1) is 22.2. The fourth-order valence-electron chi connectivity index (χ4n) is 2.04. The van der Waals surface area contributed by atoms with Crippen molar-refractivity contribution in [3.63, 3.8) is 0 Å². The molecular formula is C17H17F3IN3O4. The van der Waals surface area contributed by atoms with Crippen LogP contribution in [0.15, 0.2) is 32.7 Å². The summed E-state index contributed by atoms with van der Waals surface area (Å²) in [7, 11) is 0. The third-order valence-corrected chi connectivity index (χ3v) is 4.96. The third-order valence-electron chi connectivity index (χ3n) is 3.28. The Morgan fingerprint density at radius 2 is 2.04 bits per heavy atom. The summed E-state index contributed by atoms with van der Waals surface area (Å²) in [5, 5.41) is 19.9. The lowest BCUT2D eigenvalue weighted by molar-refractivity contribution is 0.0168. The minimum absolute atomic E-state index is 0.0377. The molecule has 1 aromatic carbocycles. The van der Waals surface area contributed by atoms with Crippen LogP contribution >= 0.6 is 20.7 Å². The smallest absolute Gasteiger partial charge is 0.277 e. The van der Waals surface area contributed by atoms with Crippen molar-refractivity contribution in [3.05, 3.63) is 50.5 Å². The van der Waals surface area contributed by atoms with Crippen molar-refractivity contribution in [2.45, 2.75) is 0 Å². The Bertz CT molecular complexity index is 857. The molecule has 0 spiro atoms. The van der Waals surface area contributed by atoms with Gasteiger partial charge >= 0.3 is 0 Å². The number of allylic oxidation sites excluding steroid dienone is 2. The number of rotatable bonds is 9. The number of halogens is 4. The molecular weight excluding hydrogens is 494 g/mol. The minimum Gasteiger partial charge on any atom is -0.394 e. The van der Waals surface area contributed by atoms with E-state index < -0.39 is 49.8 Å². The number of amides is 1. The summed E-state index contributed by atoms with van der Waals surface area (Å²) in [5.74, 6) is -4.28. The molecule has 0 saturated carbocycles. The second kappa shape index (κ2) is 11.0. The van der Waals surface area contributed by atoms with E-state index in [2.05, 4.69) is 10.3 Å². The zero-order chi connectivity index (χ0) is 20.5. The molecule has 0 aromatic heterocycles.